The molecular weight excluding hydrogens is 464 g/mol. The number of nitriles is 1. The van der Waals surface area contributed by atoms with E-state index in [9.17, 15) is 19.1 Å². The zero-order valence-electron chi connectivity index (χ0n) is 21.2. The number of halogens is 2. The van der Waals surface area contributed by atoms with Gasteiger partial charge in [0.2, 0.25) is 5.88 Å². The van der Waals surface area contributed by atoms with Gasteiger partial charge in [0.05, 0.1) is 24.0 Å². The summed E-state index contributed by atoms with van der Waals surface area (Å²) in [6.45, 7) is 6.07. The fraction of sp³-hybridized carbons (Fsp3) is 0.481. The number of aryl methyl sites for hydroxylation is 1. The second kappa shape index (κ2) is 9.25. The van der Waals surface area contributed by atoms with Crippen molar-refractivity contribution in [3.63, 3.8) is 0 Å². The van der Waals surface area contributed by atoms with Gasteiger partial charge in [-0.2, -0.15) is 19.0 Å². The maximum Gasteiger partial charge on any atom is 0.300 e. The van der Waals surface area contributed by atoms with E-state index in [0.717, 1.165) is 33.1 Å². The quantitative estimate of drug-likeness (QED) is 0.399. The summed E-state index contributed by atoms with van der Waals surface area (Å²) in [7, 11) is 1.52. The zero-order valence-corrected chi connectivity index (χ0v) is 21.2. The molecule has 3 aromatic rings. The summed E-state index contributed by atoms with van der Waals surface area (Å²) in [5.74, 6) is -1.93. The van der Waals surface area contributed by atoms with E-state index in [1.807, 2.05) is 19.9 Å². The summed E-state index contributed by atoms with van der Waals surface area (Å²) < 4.78 is 35.1. The first-order valence-electron chi connectivity index (χ1n) is 12.1. The van der Waals surface area contributed by atoms with Gasteiger partial charge in [0.15, 0.2) is 5.65 Å². The average molecular weight is 496 g/mol. The molecule has 1 atom stereocenters. The van der Waals surface area contributed by atoms with Crippen LogP contribution in [0.3, 0.4) is 0 Å². The van der Waals surface area contributed by atoms with Crippen molar-refractivity contribution in [2.45, 2.75) is 76.4 Å². The standard InChI is InChI=1S/C27H31F2N5O2/c1-6-8-21-32-22(19-14-20(26(15-30)11-12-26)24(36-5)34-23(19)33-21)31-16(2)17-9-7-10-18(13-17)27(28,29)25(3,4)35/h7,9-10,13-14,16,35H,6,8,11-12H2,1-5H3,(H,31,32,33,34)/t16-/m1/s1. The number of methoxy groups -OCH3 is 1. The number of hydrogen-bond acceptors (Lipinski definition) is 7. The van der Waals surface area contributed by atoms with Gasteiger partial charge in [0.25, 0.3) is 0 Å². The monoisotopic (exact) mass is 495 g/mol. The van der Waals surface area contributed by atoms with Gasteiger partial charge in [0.1, 0.15) is 17.2 Å². The lowest BCUT2D eigenvalue weighted by molar-refractivity contribution is -0.168. The number of aliphatic hydroxyl groups is 1. The number of benzene rings is 1. The Morgan fingerprint density at radius 1 is 1.22 bits per heavy atom. The molecule has 0 saturated heterocycles. The second-order valence-corrected chi connectivity index (χ2v) is 9.97. The van der Waals surface area contributed by atoms with Crippen molar-refractivity contribution in [2.75, 3.05) is 12.4 Å². The molecule has 0 bridgehead atoms. The maximum atomic E-state index is 14.8. The molecule has 0 unspecified atom stereocenters. The van der Waals surface area contributed by atoms with E-state index in [4.69, 9.17) is 9.72 Å². The Morgan fingerprint density at radius 3 is 2.53 bits per heavy atom. The van der Waals surface area contributed by atoms with Crippen LogP contribution in [0.25, 0.3) is 11.0 Å². The predicted octanol–water partition coefficient (Wildman–Crippen LogP) is 5.58. The Kier molecular flexibility index (Phi) is 6.60. The Bertz CT molecular complexity index is 1330. The molecule has 1 aliphatic carbocycles. The SMILES string of the molecule is CCCc1nc(N[C@H](C)c2cccc(C(F)(F)C(C)(C)O)c2)c2cc(C3(C#N)CC3)c(OC)nc2n1. The van der Waals surface area contributed by atoms with E-state index >= 15 is 0 Å². The number of nitrogens with zero attached hydrogens (tertiary/aromatic N) is 4. The van der Waals surface area contributed by atoms with Crippen molar-refractivity contribution in [2.24, 2.45) is 0 Å². The summed E-state index contributed by atoms with van der Waals surface area (Å²) >= 11 is 0. The first kappa shape index (κ1) is 25.7. The Morgan fingerprint density at radius 2 is 1.94 bits per heavy atom. The van der Waals surface area contributed by atoms with Gasteiger partial charge >= 0.3 is 5.92 Å². The summed E-state index contributed by atoms with van der Waals surface area (Å²) in [6.07, 6.45) is 2.92. The molecule has 2 heterocycles. The molecule has 2 N–H and O–H groups in total. The van der Waals surface area contributed by atoms with Gasteiger partial charge in [-0.15, -0.1) is 0 Å². The van der Waals surface area contributed by atoms with Gasteiger partial charge < -0.3 is 15.2 Å². The van der Waals surface area contributed by atoms with E-state index in [1.54, 1.807) is 12.1 Å². The number of nitrogens with one attached hydrogen (secondary N) is 1. The van der Waals surface area contributed by atoms with Crippen LogP contribution in [0.1, 0.15) is 75.5 Å². The van der Waals surface area contributed by atoms with E-state index in [0.29, 0.717) is 46.1 Å². The van der Waals surface area contributed by atoms with Crippen molar-refractivity contribution < 1.29 is 18.6 Å². The number of hydrogen-bond donors (Lipinski definition) is 2. The van der Waals surface area contributed by atoms with Gasteiger partial charge in [-0.3, -0.25) is 0 Å². The van der Waals surface area contributed by atoms with Gasteiger partial charge in [-0.05, 0) is 57.7 Å². The normalized spacial score (nSPS) is 15.9. The van der Waals surface area contributed by atoms with Crippen molar-refractivity contribution in [1.82, 2.24) is 15.0 Å². The molecule has 0 spiro atoms. The van der Waals surface area contributed by atoms with Crippen LogP contribution >= 0.6 is 0 Å². The number of fused-ring (bicyclic) bond motifs is 1. The number of aromatic nitrogens is 3. The van der Waals surface area contributed by atoms with Crippen LogP contribution in [0.15, 0.2) is 30.3 Å². The lowest BCUT2D eigenvalue weighted by Crippen LogP contribution is -2.40. The second-order valence-electron chi connectivity index (χ2n) is 9.97. The topological polar surface area (TPSA) is 104 Å². The highest BCUT2D eigenvalue weighted by molar-refractivity contribution is 5.88. The molecule has 36 heavy (non-hydrogen) atoms. The summed E-state index contributed by atoms with van der Waals surface area (Å²) in [5.41, 5.74) is -1.35. The summed E-state index contributed by atoms with van der Waals surface area (Å²) in [6, 6.07) is 9.86. The highest BCUT2D eigenvalue weighted by Gasteiger charge is 2.48. The maximum absolute atomic E-state index is 14.8. The summed E-state index contributed by atoms with van der Waals surface area (Å²) in [5, 5.41) is 23.8. The molecule has 0 aliphatic heterocycles. The molecule has 7 nitrogen and oxygen atoms in total. The minimum atomic E-state index is -3.43. The van der Waals surface area contributed by atoms with Crippen LogP contribution in [-0.4, -0.2) is 32.8 Å². The van der Waals surface area contributed by atoms with E-state index in [1.165, 1.54) is 19.2 Å². The molecule has 4 rings (SSSR count). The average Bonchev–Trinajstić information content (AvgIpc) is 3.64. The first-order valence-corrected chi connectivity index (χ1v) is 12.1. The van der Waals surface area contributed by atoms with Crippen LogP contribution in [0, 0.1) is 11.3 Å². The van der Waals surface area contributed by atoms with Crippen LogP contribution in [0.5, 0.6) is 5.88 Å². The number of rotatable bonds is 9. The molecule has 1 fully saturated rings. The molecular formula is C27H31F2N5O2. The lowest BCUT2D eigenvalue weighted by Gasteiger charge is -2.30. The fourth-order valence-corrected chi connectivity index (χ4v) is 4.24. The van der Waals surface area contributed by atoms with Crippen LogP contribution in [0.2, 0.25) is 0 Å². The minimum absolute atomic E-state index is 0.265. The van der Waals surface area contributed by atoms with Crippen molar-refractivity contribution in [3.05, 3.63) is 52.8 Å². The highest BCUT2D eigenvalue weighted by atomic mass is 19.3. The number of ether oxygens (including phenoxy) is 1. The number of pyridine rings is 1. The van der Waals surface area contributed by atoms with Crippen molar-refractivity contribution in [1.29, 1.82) is 5.26 Å². The molecule has 0 radical (unpaired) electrons. The first-order chi connectivity index (χ1) is 17.0. The molecule has 0 amide bonds. The smallest absolute Gasteiger partial charge is 0.300 e. The van der Waals surface area contributed by atoms with Gasteiger partial charge in [0, 0.05) is 23.6 Å². The predicted molar refractivity (Wildman–Crippen MR) is 133 cm³/mol. The van der Waals surface area contributed by atoms with E-state index in [2.05, 4.69) is 21.4 Å². The van der Waals surface area contributed by atoms with E-state index < -0.39 is 23.0 Å². The molecule has 1 saturated carbocycles. The molecule has 9 heteroatoms. The lowest BCUT2D eigenvalue weighted by atomic mass is 9.91. The van der Waals surface area contributed by atoms with Crippen molar-refractivity contribution >= 4 is 16.9 Å². The number of anilines is 1. The molecule has 190 valence electrons. The highest BCUT2D eigenvalue weighted by Crippen LogP contribution is 2.51. The third-order valence-electron chi connectivity index (χ3n) is 6.72. The molecule has 1 aliphatic rings. The van der Waals surface area contributed by atoms with Crippen LogP contribution in [-0.2, 0) is 17.8 Å². The van der Waals surface area contributed by atoms with Gasteiger partial charge in [-0.1, -0.05) is 25.1 Å². The Hall–Kier alpha value is -3.38. The van der Waals surface area contributed by atoms with E-state index in [-0.39, 0.29) is 5.56 Å². The fourth-order valence-electron chi connectivity index (χ4n) is 4.24. The minimum Gasteiger partial charge on any atom is -0.481 e. The van der Waals surface area contributed by atoms with Crippen LogP contribution < -0.4 is 10.1 Å². The largest absolute Gasteiger partial charge is 0.481 e. The zero-order chi connectivity index (χ0) is 26.3. The Labute approximate surface area is 209 Å². The third-order valence-corrected chi connectivity index (χ3v) is 6.72. The Balaban J connectivity index is 1.78. The van der Waals surface area contributed by atoms with Gasteiger partial charge in [-0.25, -0.2) is 9.97 Å². The third kappa shape index (κ3) is 4.58. The van der Waals surface area contributed by atoms with Crippen molar-refractivity contribution in [3.8, 4) is 11.9 Å². The molecule has 1 aromatic carbocycles. The summed E-state index contributed by atoms with van der Waals surface area (Å²) in [4.78, 5) is 13.9. The van der Waals surface area contributed by atoms with Crippen LogP contribution in [0.4, 0.5) is 14.6 Å². The molecule has 2 aromatic heterocycles. The number of alkyl halides is 2.